The number of nitrogens with two attached hydrogens (primary N) is 1. The van der Waals surface area contributed by atoms with Gasteiger partial charge < -0.3 is 20.5 Å². The van der Waals surface area contributed by atoms with Crippen LogP contribution in [0.4, 0.5) is 0 Å². The molecule has 0 saturated carbocycles. The van der Waals surface area contributed by atoms with E-state index in [4.69, 9.17) is 5.73 Å². The molecule has 5 unspecified atom stereocenters. The summed E-state index contributed by atoms with van der Waals surface area (Å²) in [5, 5.41) is 24.8. The van der Waals surface area contributed by atoms with Crippen LogP contribution in [0.5, 0.6) is 0 Å². The number of carbonyl (C=O) groups excluding carboxylic acids is 1. The molecule has 0 saturated heterocycles. The predicted molar refractivity (Wildman–Crippen MR) is 70.5 cm³/mol. The van der Waals surface area contributed by atoms with Crippen molar-refractivity contribution in [2.75, 3.05) is 13.2 Å². The van der Waals surface area contributed by atoms with Gasteiger partial charge in [0.2, 0.25) is 0 Å². The number of nitrogens with zero attached hydrogens (tertiary/aromatic N) is 2. The average molecular weight is 289 g/mol. The van der Waals surface area contributed by atoms with E-state index in [-0.39, 0.29) is 24.8 Å². The Kier molecular flexibility index (Phi) is 4.43. The first-order chi connectivity index (χ1) is 9.02. The molecule has 10 heteroatoms. The number of nitrogens with one attached hydrogen (secondary N) is 2. The van der Waals surface area contributed by atoms with Gasteiger partial charge in [0.15, 0.2) is 12.0 Å². The predicted octanol–water partition coefficient (Wildman–Crippen LogP) is -3.30. The molecule has 0 radical (unpaired) electrons. The fraction of sp³-hybridized carbons (Fsp3) is 0.667. The maximum absolute atomic E-state index is 11.7. The molecular weight excluding hydrogens is 273 g/mol. The molecule has 0 aromatic rings. The van der Waals surface area contributed by atoms with E-state index in [1.54, 1.807) is 0 Å². The van der Waals surface area contributed by atoms with Gasteiger partial charge in [0, 0.05) is 16.0 Å². The summed E-state index contributed by atoms with van der Waals surface area (Å²) in [7, 11) is 1.98. The zero-order chi connectivity index (χ0) is 14.0. The summed E-state index contributed by atoms with van der Waals surface area (Å²) < 4.78 is 4.67. The van der Waals surface area contributed by atoms with Crippen LogP contribution in [0.3, 0.4) is 0 Å². The quantitative estimate of drug-likeness (QED) is 0.343. The van der Waals surface area contributed by atoms with Crippen LogP contribution in [0.25, 0.3) is 0 Å². The smallest absolute Gasteiger partial charge is 0.255 e. The number of guanidine groups is 1. The van der Waals surface area contributed by atoms with Gasteiger partial charge in [-0.3, -0.25) is 20.4 Å². The Morgan fingerprint density at radius 2 is 2.26 bits per heavy atom. The molecule has 2 heterocycles. The number of aliphatic imine (C=N–C) groups is 2. The summed E-state index contributed by atoms with van der Waals surface area (Å²) in [4.78, 5) is 19.8. The van der Waals surface area contributed by atoms with Crippen molar-refractivity contribution in [3.63, 3.8) is 0 Å². The Balaban J connectivity index is 2.13. The van der Waals surface area contributed by atoms with Gasteiger partial charge in [-0.25, -0.2) is 4.99 Å². The number of hydrogen-bond donors (Lipinski definition) is 5. The third-order valence-electron chi connectivity index (χ3n) is 2.87. The first-order valence-electron chi connectivity index (χ1n) is 5.65. The highest BCUT2D eigenvalue weighted by Gasteiger charge is 2.37. The summed E-state index contributed by atoms with van der Waals surface area (Å²) >= 11 is 0. The minimum Gasteiger partial charge on any atom is -0.388 e. The summed E-state index contributed by atoms with van der Waals surface area (Å²) in [6.07, 6.45) is -2.86. The molecule has 0 aromatic carbocycles. The number of aliphatic hydroxyl groups is 2. The highest BCUT2D eigenvalue weighted by molar-refractivity contribution is 7.09. The highest BCUT2D eigenvalue weighted by Crippen LogP contribution is 2.13. The Bertz CT molecular complexity index is 429. The Labute approximate surface area is 111 Å². The zero-order valence-electron chi connectivity index (χ0n) is 9.98. The molecule has 2 aliphatic heterocycles. The molecule has 6 N–H and O–H groups in total. The SMILES string of the molecule is NC1=NC2NCC(C(O)C(O)COP)=NC2C(=O)N1. The van der Waals surface area contributed by atoms with Crippen LogP contribution >= 0.6 is 9.47 Å². The van der Waals surface area contributed by atoms with Gasteiger partial charge >= 0.3 is 0 Å². The number of amides is 1. The molecule has 0 bridgehead atoms. The van der Waals surface area contributed by atoms with Crippen LogP contribution in [0.15, 0.2) is 9.98 Å². The maximum Gasteiger partial charge on any atom is 0.255 e. The summed E-state index contributed by atoms with van der Waals surface area (Å²) in [6.45, 7) is 0.149. The fourth-order valence-electron chi connectivity index (χ4n) is 1.91. The second kappa shape index (κ2) is 5.89. The molecule has 0 fully saturated rings. The summed E-state index contributed by atoms with van der Waals surface area (Å²) in [6, 6.07) is -0.796. The molecular formula is C9H16N5O4P. The summed E-state index contributed by atoms with van der Waals surface area (Å²) in [5.41, 5.74) is 5.72. The Hall–Kier alpha value is -1.12. The number of rotatable bonds is 4. The second-order valence-corrected chi connectivity index (χ2v) is 4.57. The van der Waals surface area contributed by atoms with E-state index in [0.717, 1.165) is 0 Å². The molecule has 106 valence electrons. The van der Waals surface area contributed by atoms with Gasteiger partial charge in [-0.15, -0.1) is 0 Å². The lowest BCUT2D eigenvalue weighted by atomic mass is 10.0. The van der Waals surface area contributed by atoms with E-state index >= 15 is 0 Å². The molecule has 19 heavy (non-hydrogen) atoms. The minimum absolute atomic E-state index is 0.0365. The third-order valence-corrected chi connectivity index (χ3v) is 3.06. The molecule has 5 atom stereocenters. The van der Waals surface area contributed by atoms with Crippen LogP contribution in [-0.2, 0) is 9.32 Å². The molecule has 0 aliphatic carbocycles. The van der Waals surface area contributed by atoms with E-state index in [1.807, 2.05) is 9.47 Å². The van der Waals surface area contributed by atoms with Gasteiger partial charge in [-0.05, 0) is 0 Å². The van der Waals surface area contributed by atoms with Crippen LogP contribution in [0.2, 0.25) is 0 Å². The molecule has 0 spiro atoms. The van der Waals surface area contributed by atoms with Crippen molar-refractivity contribution < 1.29 is 19.5 Å². The van der Waals surface area contributed by atoms with Gasteiger partial charge in [0.05, 0.1) is 12.3 Å². The monoisotopic (exact) mass is 289 g/mol. The third kappa shape index (κ3) is 3.07. The second-order valence-electron chi connectivity index (χ2n) is 4.24. The first kappa shape index (κ1) is 14.3. The van der Waals surface area contributed by atoms with Crippen LogP contribution in [-0.4, -0.2) is 65.4 Å². The topological polar surface area (TPSA) is 142 Å². The van der Waals surface area contributed by atoms with E-state index in [0.29, 0.717) is 0 Å². The molecule has 9 nitrogen and oxygen atoms in total. The molecule has 2 aliphatic rings. The number of fused-ring (bicyclic) bond motifs is 1. The van der Waals surface area contributed by atoms with Gasteiger partial charge in [-0.2, -0.15) is 0 Å². The van der Waals surface area contributed by atoms with Crippen molar-refractivity contribution in [1.82, 2.24) is 10.6 Å². The van der Waals surface area contributed by atoms with Crippen molar-refractivity contribution >= 4 is 27.0 Å². The maximum atomic E-state index is 11.7. The van der Waals surface area contributed by atoms with E-state index in [1.165, 1.54) is 0 Å². The molecule has 2 rings (SSSR count). The number of carbonyl (C=O) groups is 1. The highest BCUT2D eigenvalue weighted by atomic mass is 31.0. The lowest BCUT2D eigenvalue weighted by molar-refractivity contribution is -0.122. The van der Waals surface area contributed by atoms with E-state index < -0.39 is 30.3 Å². The van der Waals surface area contributed by atoms with Crippen LogP contribution < -0.4 is 16.4 Å². The van der Waals surface area contributed by atoms with Gasteiger partial charge in [0.25, 0.3) is 5.91 Å². The zero-order valence-corrected chi connectivity index (χ0v) is 11.1. The standard InChI is InChI=1S/C9H16N5O4P/c10-9-13-7-5(8(17)14-9)12-3(1-11-7)6(16)4(15)2-18-19/h4-7,11,15-16H,1-2,19H2,(H3,10,13,14,17). The van der Waals surface area contributed by atoms with Crippen molar-refractivity contribution in [3.05, 3.63) is 0 Å². The number of hydrogen-bond acceptors (Lipinski definition) is 8. The van der Waals surface area contributed by atoms with Gasteiger partial charge in [0.1, 0.15) is 18.4 Å². The van der Waals surface area contributed by atoms with E-state index in [2.05, 4.69) is 25.1 Å². The first-order valence-corrected chi connectivity index (χ1v) is 6.12. The van der Waals surface area contributed by atoms with Crippen molar-refractivity contribution in [3.8, 4) is 0 Å². The normalized spacial score (nSPS) is 29.7. The van der Waals surface area contributed by atoms with E-state index in [9.17, 15) is 15.0 Å². The fourth-order valence-corrected chi connectivity index (χ4v) is 2.11. The minimum atomic E-state index is -1.20. The molecule has 1 amide bonds. The lowest BCUT2D eigenvalue weighted by Gasteiger charge is -2.32. The largest absolute Gasteiger partial charge is 0.388 e. The van der Waals surface area contributed by atoms with Crippen LogP contribution in [0.1, 0.15) is 0 Å². The Morgan fingerprint density at radius 1 is 1.53 bits per heavy atom. The van der Waals surface area contributed by atoms with Crippen molar-refractivity contribution in [2.24, 2.45) is 15.7 Å². The van der Waals surface area contributed by atoms with Gasteiger partial charge in [-0.1, -0.05) is 0 Å². The average Bonchev–Trinajstić information content (AvgIpc) is 2.37. The van der Waals surface area contributed by atoms with Crippen molar-refractivity contribution in [1.29, 1.82) is 0 Å². The van der Waals surface area contributed by atoms with Crippen molar-refractivity contribution in [2.45, 2.75) is 24.4 Å². The number of aliphatic hydroxyl groups excluding tert-OH is 2. The Morgan fingerprint density at radius 3 is 2.95 bits per heavy atom. The lowest BCUT2D eigenvalue weighted by Crippen LogP contribution is -2.60. The molecule has 0 aromatic heterocycles. The summed E-state index contributed by atoms with van der Waals surface area (Å²) in [5.74, 6) is -0.361. The van der Waals surface area contributed by atoms with Crippen LogP contribution in [0, 0.1) is 0 Å².